The van der Waals surface area contributed by atoms with E-state index in [1.54, 1.807) is 13.2 Å². The zero-order valence-electron chi connectivity index (χ0n) is 10.6. The highest BCUT2D eigenvalue weighted by Gasteiger charge is 2.28. The zero-order valence-corrected chi connectivity index (χ0v) is 10.6. The summed E-state index contributed by atoms with van der Waals surface area (Å²) in [5.74, 6) is 0.591. The fourth-order valence-electron chi connectivity index (χ4n) is 1.71. The van der Waals surface area contributed by atoms with Crippen LogP contribution in [0.4, 0.5) is 0 Å². The van der Waals surface area contributed by atoms with Gasteiger partial charge in [0.25, 0.3) is 0 Å². The molecule has 0 unspecified atom stereocenters. The Labute approximate surface area is 106 Å². The number of pyridine rings is 1. The van der Waals surface area contributed by atoms with Gasteiger partial charge in [-0.15, -0.1) is 0 Å². The van der Waals surface area contributed by atoms with Gasteiger partial charge in [-0.1, -0.05) is 6.07 Å². The van der Waals surface area contributed by atoms with Crippen LogP contribution in [0.15, 0.2) is 12.1 Å². The summed E-state index contributed by atoms with van der Waals surface area (Å²) in [6.45, 7) is 0.919. The summed E-state index contributed by atoms with van der Waals surface area (Å²) in [6.07, 6.45) is 2.31. The average molecular weight is 251 g/mol. The molecule has 1 saturated carbocycles. The summed E-state index contributed by atoms with van der Waals surface area (Å²) in [5.41, 5.74) is 1.34. The van der Waals surface area contributed by atoms with E-state index in [1.165, 1.54) is 7.11 Å². The summed E-state index contributed by atoms with van der Waals surface area (Å²) >= 11 is 0. The van der Waals surface area contributed by atoms with Gasteiger partial charge < -0.3 is 14.2 Å². The Balaban J connectivity index is 2.17. The van der Waals surface area contributed by atoms with Gasteiger partial charge in [-0.25, -0.2) is 9.78 Å². The lowest BCUT2D eigenvalue weighted by atomic mass is 10.1. The molecule has 0 aliphatic heterocycles. The second-order valence-corrected chi connectivity index (χ2v) is 4.20. The highest BCUT2D eigenvalue weighted by Crippen LogP contribution is 2.43. The number of methoxy groups -OCH3 is 2. The van der Waals surface area contributed by atoms with Gasteiger partial charge in [0.05, 0.1) is 13.7 Å². The third kappa shape index (κ3) is 2.98. The van der Waals surface area contributed by atoms with Gasteiger partial charge in [0.2, 0.25) is 5.88 Å². The van der Waals surface area contributed by atoms with Crippen LogP contribution in [0.3, 0.4) is 0 Å². The van der Waals surface area contributed by atoms with Crippen molar-refractivity contribution >= 4 is 5.97 Å². The molecule has 0 N–H and O–H groups in total. The first-order chi connectivity index (χ1) is 8.76. The fraction of sp³-hybridized carbons (Fsp3) is 0.538. The Kier molecular flexibility index (Phi) is 4.15. The summed E-state index contributed by atoms with van der Waals surface area (Å²) in [5, 5.41) is 0. The molecule has 0 bridgehead atoms. The molecule has 0 saturated heterocycles. The average Bonchev–Trinajstić information content (AvgIpc) is 3.22. The van der Waals surface area contributed by atoms with Crippen molar-refractivity contribution in [2.45, 2.75) is 18.8 Å². The summed E-state index contributed by atoms with van der Waals surface area (Å²) < 4.78 is 15.2. The first-order valence-electron chi connectivity index (χ1n) is 5.97. The Morgan fingerprint density at radius 1 is 1.33 bits per heavy atom. The number of rotatable bonds is 6. The molecule has 0 radical (unpaired) electrons. The smallest absolute Gasteiger partial charge is 0.356 e. The minimum absolute atomic E-state index is 0.273. The Morgan fingerprint density at radius 3 is 2.72 bits per heavy atom. The second-order valence-electron chi connectivity index (χ2n) is 4.20. The monoisotopic (exact) mass is 251 g/mol. The molecular weight excluding hydrogens is 234 g/mol. The molecule has 18 heavy (non-hydrogen) atoms. The van der Waals surface area contributed by atoms with E-state index >= 15 is 0 Å². The normalized spacial score (nSPS) is 14.3. The van der Waals surface area contributed by atoms with Crippen molar-refractivity contribution in [3.63, 3.8) is 0 Å². The molecular formula is C13H17NO4. The van der Waals surface area contributed by atoms with E-state index in [0.717, 1.165) is 18.4 Å². The molecule has 1 aromatic rings. The second kappa shape index (κ2) is 5.82. The van der Waals surface area contributed by atoms with Crippen LogP contribution in [0, 0.1) is 0 Å². The molecule has 5 heteroatoms. The van der Waals surface area contributed by atoms with Crippen molar-refractivity contribution in [3.05, 3.63) is 23.4 Å². The SMILES string of the molecule is COCCOc1nc(C(=O)OC)ccc1C1CC1. The highest BCUT2D eigenvalue weighted by atomic mass is 16.5. The molecule has 0 amide bonds. The predicted octanol–water partition coefficient (Wildman–Crippen LogP) is 1.77. The van der Waals surface area contributed by atoms with E-state index in [2.05, 4.69) is 9.72 Å². The molecule has 0 atom stereocenters. The van der Waals surface area contributed by atoms with E-state index in [1.807, 2.05) is 6.07 Å². The van der Waals surface area contributed by atoms with Crippen LogP contribution in [0.5, 0.6) is 5.88 Å². The van der Waals surface area contributed by atoms with E-state index in [4.69, 9.17) is 9.47 Å². The van der Waals surface area contributed by atoms with Crippen molar-refractivity contribution in [2.24, 2.45) is 0 Å². The van der Waals surface area contributed by atoms with Gasteiger partial charge >= 0.3 is 5.97 Å². The van der Waals surface area contributed by atoms with Gasteiger partial charge in [-0.2, -0.15) is 0 Å². The maximum atomic E-state index is 11.4. The van der Waals surface area contributed by atoms with Crippen LogP contribution in [0.1, 0.15) is 34.8 Å². The van der Waals surface area contributed by atoms with Crippen molar-refractivity contribution in [2.75, 3.05) is 27.4 Å². The largest absolute Gasteiger partial charge is 0.475 e. The fourth-order valence-corrected chi connectivity index (χ4v) is 1.71. The lowest BCUT2D eigenvalue weighted by molar-refractivity contribution is 0.0592. The van der Waals surface area contributed by atoms with E-state index in [-0.39, 0.29) is 5.69 Å². The molecule has 1 aliphatic rings. The maximum Gasteiger partial charge on any atom is 0.356 e. The third-order valence-corrected chi connectivity index (χ3v) is 2.83. The number of ether oxygens (including phenoxy) is 3. The van der Waals surface area contributed by atoms with E-state index in [9.17, 15) is 4.79 Å². The van der Waals surface area contributed by atoms with E-state index in [0.29, 0.717) is 25.0 Å². The van der Waals surface area contributed by atoms with Crippen LogP contribution >= 0.6 is 0 Å². The molecule has 98 valence electrons. The van der Waals surface area contributed by atoms with Gasteiger partial charge in [-0.05, 0) is 24.8 Å². The first-order valence-corrected chi connectivity index (χ1v) is 5.97. The number of hydrogen-bond acceptors (Lipinski definition) is 5. The standard InChI is InChI=1S/C13H17NO4/c1-16-7-8-18-12-10(9-3-4-9)5-6-11(14-12)13(15)17-2/h5-6,9H,3-4,7-8H2,1-2H3. The van der Waals surface area contributed by atoms with Gasteiger partial charge in [-0.3, -0.25) is 0 Å². The van der Waals surface area contributed by atoms with Crippen molar-refractivity contribution in [1.29, 1.82) is 0 Å². The Morgan fingerprint density at radius 2 is 2.11 bits per heavy atom. The van der Waals surface area contributed by atoms with Gasteiger partial charge in [0.15, 0.2) is 5.69 Å². The summed E-state index contributed by atoms with van der Waals surface area (Å²) in [6, 6.07) is 3.59. The number of carbonyl (C=O) groups excluding carboxylic acids is 1. The number of aromatic nitrogens is 1. The van der Waals surface area contributed by atoms with Crippen LogP contribution in [0.25, 0.3) is 0 Å². The van der Waals surface area contributed by atoms with Crippen LogP contribution in [0.2, 0.25) is 0 Å². The zero-order chi connectivity index (χ0) is 13.0. The molecule has 2 rings (SSSR count). The van der Waals surface area contributed by atoms with Gasteiger partial charge in [0.1, 0.15) is 6.61 Å². The Hall–Kier alpha value is -1.62. The summed E-state index contributed by atoms with van der Waals surface area (Å²) in [4.78, 5) is 15.7. The third-order valence-electron chi connectivity index (χ3n) is 2.83. The van der Waals surface area contributed by atoms with E-state index < -0.39 is 5.97 Å². The molecule has 0 spiro atoms. The quantitative estimate of drug-likeness (QED) is 0.569. The van der Waals surface area contributed by atoms with Crippen LogP contribution in [-0.4, -0.2) is 38.4 Å². The maximum absolute atomic E-state index is 11.4. The number of carbonyl (C=O) groups is 1. The highest BCUT2D eigenvalue weighted by molar-refractivity contribution is 5.87. The number of hydrogen-bond donors (Lipinski definition) is 0. The predicted molar refractivity (Wildman–Crippen MR) is 64.9 cm³/mol. The Bertz CT molecular complexity index is 429. The minimum Gasteiger partial charge on any atom is -0.475 e. The first kappa shape index (κ1) is 12.8. The van der Waals surface area contributed by atoms with Crippen LogP contribution in [-0.2, 0) is 9.47 Å². The molecule has 0 aromatic carbocycles. The molecule has 1 fully saturated rings. The molecule has 5 nitrogen and oxygen atoms in total. The summed E-state index contributed by atoms with van der Waals surface area (Å²) in [7, 11) is 2.95. The van der Waals surface area contributed by atoms with Crippen molar-refractivity contribution in [1.82, 2.24) is 4.98 Å². The molecule has 1 aromatic heterocycles. The topological polar surface area (TPSA) is 57.7 Å². The van der Waals surface area contributed by atoms with Crippen molar-refractivity contribution < 1.29 is 19.0 Å². The molecule has 1 aliphatic carbocycles. The number of esters is 1. The minimum atomic E-state index is -0.450. The lowest BCUT2D eigenvalue weighted by Crippen LogP contribution is -2.10. The number of nitrogens with zero attached hydrogens (tertiary/aromatic N) is 1. The van der Waals surface area contributed by atoms with Crippen LogP contribution < -0.4 is 4.74 Å². The molecule has 1 heterocycles. The van der Waals surface area contributed by atoms with Gasteiger partial charge in [0, 0.05) is 12.7 Å². The van der Waals surface area contributed by atoms with Crippen molar-refractivity contribution in [3.8, 4) is 5.88 Å². The lowest BCUT2D eigenvalue weighted by Gasteiger charge is -2.10.